The molecule has 0 spiro atoms. The maximum Gasteiger partial charge on any atom is 0.416 e. The molecular weight excluding hydrogens is 305 g/mol. The zero-order valence-corrected chi connectivity index (χ0v) is 12.6. The van der Waals surface area contributed by atoms with Gasteiger partial charge in [-0.25, -0.2) is 8.42 Å². The van der Waals surface area contributed by atoms with Crippen molar-refractivity contribution < 1.29 is 21.6 Å². The minimum Gasteiger partial charge on any atom is -0.314 e. The molecule has 0 unspecified atom stereocenters. The van der Waals surface area contributed by atoms with Crippen molar-refractivity contribution in [1.82, 2.24) is 9.62 Å². The van der Waals surface area contributed by atoms with E-state index in [1.165, 1.54) is 4.31 Å². The Morgan fingerprint density at radius 1 is 1.19 bits per heavy atom. The highest BCUT2D eigenvalue weighted by molar-refractivity contribution is 7.89. The van der Waals surface area contributed by atoms with Crippen molar-refractivity contribution in [3.8, 4) is 0 Å². The molecule has 1 fully saturated rings. The van der Waals surface area contributed by atoms with Crippen LogP contribution < -0.4 is 5.32 Å². The van der Waals surface area contributed by atoms with E-state index in [1.807, 2.05) is 0 Å². The van der Waals surface area contributed by atoms with Crippen molar-refractivity contribution in [3.63, 3.8) is 0 Å². The number of nitrogens with one attached hydrogen (secondary N) is 1. The van der Waals surface area contributed by atoms with Crippen LogP contribution in [-0.2, 0) is 16.2 Å². The molecule has 1 aliphatic heterocycles. The van der Waals surface area contributed by atoms with E-state index in [9.17, 15) is 21.6 Å². The van der Waals surface area contributed by atoms with E-state index in [4.69, 9.17) is 0 Å². The predicted octanol–water partition coefficient (Wildman–Crippen LogP) is 2.08. The summed E-state index contributed by atoms with van der Waals surface area (Å²) in [6, 6.07) is 3.61. The lowest BCUT2D eigenvalue weighted by atomic mass is 10.0. The fourth-order valence-electron chi connectivity index (χ4n) is 2.35. The summed E-state index contributed by atoms with van der Waals surface area (Å²) in [5, 5.41) is 3.10. The SMILES string of the molecule is CC1(C)CNCCN1S(=O)(=O)c1ccc(C(F)(F)F)cc1. The molecule has 0 amide bonds. The number of sulfonamides is 1. The van der Waals surface area contributed by atoms with E-state index in [0.29, 0.717) is 13.1 Å². The van der Waals surface area contributed by atoms with Crippen molar-refractivity contribution in [3.05, 3.63) is 29.8 Å². The van der Waals surface area contributed by atoms with Gasteiger partial charge < -0.3 is 5.32 Å². The molecule has 0 aromatic heterocycles. The minimum absolute atomic E-state index is 0.120. The molecule has 8 heteroatoms. The van der Waals surface area contributed by atoms with Gasteiger partial charge in [0, 0.05) is 25.2 Å². The molecule has 0 radical (unpaired) electrons. The third-order valence-electron chi connectivity index (χ3n) is 3.49. The molecule has 1 heterocycles. The molecular formula is C13H17F3N2O2S. The Bertz CT molecular complexity index is 609. The van der Waals surface area contributed by atoms with Crippen molar-refractivity contribution in [2.24, 2.45) is 0 Å². The number of alkyl halides is 3. The monoisotopic (exact) mass is 322 g/mol. The van der Waals surface area contributed by atoms with Crippen molar-refractivity contribution >= 4 is 10.0 Å². The highest BCUT2D eigenvalue weighted by Crippen LogP contribution is 2.31. The Kier molecular flexibility index (Phi) is 4.07. The maximum absolute atomic E-state index is 12.6. The molecule has 1 N–H and O–H groups in total. The van der Waals surface area contributed by atoms with Gasteiger partial charge in [-0.2, -0.15) is 17.5 Å². The normalized spacial score (nSPS) is 20.4. The van der Waals surface area contributed by atoms with Crippen LogP contribution in [0.3, 0.4) is 0 Å². The Labute approximate surface area is 122 Å². The molecule has 21 heavy (non-hydrogen) atoms. The van der Waals surface area contributed by atoms with E-state index >= 15 is 0 Å². The smallest absolute Gasteiger partial charge is 0.314 e. The van der Waals surface area contributed by atoms with Crippen molar-refractivity contribution in [2.75, 3.05) is 19.6 Å². The standard InChI is InChI=1S/C13H17F3N2O2S/c1-12(2)9-17-7-8-18(12)21(19,20)11-5-3-10(4-6-11)13(14,15)16/h3-6,17H,7-9H2,1-2H3. The van der Waals surface area contributed by atoms with Crippen molar-refractivity contribution in [1.29, 1.82) is 0 Å². The molecule has 1 aliphatic rings. The predicted molar refractivity (Wildman–Crippen MR) is 72.3 cm³/mol. The van der Waals surface area contributed by atoms with Crippen LogP contribution in [0.4, 0.5) is 13.2 Å². The Morgan fingerprint density at radius 2 is 1.76 bits per heavy atom. The van der Waals surface area contributed by atoms with Gasteiger partial charge in [-0.05, 0) is 38.1 Å². The molecule has 118 valence electrons. The molecule has 1 saturated heterocycles. The van der Waals surface area contributed by atoms with Gasteiger partial charge in [0.1, 0.15) is 0 Å². The van der Waals surface area contributed by atoms with E-state index in [0.717, 1.165) is 24.3 Å². The first kappa shape index (κ1) is 16.3. The average Bonchev–Trinajstić information content (AvgIpc) is 2.37. The van der Waals surface area contributed by atoms with Crippen molar-refractivity contribution in [2.45, 2.75) is 30.5 Å². The molecule has 4 nitrogen and oxygen atoms in total. The number of benzene rings is 1. The first-order valence-electron chi connectivity index (χ1n) is 6.46. The van der Waals surface area contributed by atoms with E-state index in [2.05, 4.69) is 5.32 Å². The zero-order chi connectivity index (χ0) is 15.9. The van der Waals surface area contributed by atoms with Gasteiger partial charge in [-0.1, -0.05) is 0 Å². The second-order valence-electron chi connectivity index (χ2n) is 5.59. The molecule has 1 aromatic rings. The van der Waals surface area contributed by atoms with Crippen LogP contribution in [0.15, 0.2) is 29.2 Å². The Morgan fingerprint density at radius 3 is 2.24 bits per heavy atom. The molecule has 0 saturated carbocycles. The number of hydrogen-bond acceptors (Lipinski definition) is 3. The number of halogens is 3. The highest BCUT2D eigenvalue weighted by atomic mass is 32.2. The topological polar surface area (TPSA) is 49.4 Å². The first-order valence-corrected chi connectivity index (χ1v) is 7.90. The van der Waals surface area contributed by atoms with E-state index in [-0.39, 0.29) is 11.4 Å². The van der Waals surface area contributed by atoms with Gasteiger partial charge in [-0.3, -0.25) is 0 Å². The lowest BCUT2D eigenvalue weighted by Gasteiger charge is -2.41. The molecule has 1 aromatic carbocycles. The van der Waals surface area contributed by atoms with Gasteiger partial charge in [0.05, 0.1) is 10.5 Å². The average molecular weight is 322 g/mol. The fourth-order valence-corrected chi connectivity index (χ4v) is 4.14. The third-order valence-corrected chi connectivity index (χ3v) is 5.62. The van der Waals surface area contributed by atoms with E-state index < -0.39 is 27.3 Å². The Hall–Kier alpha value is -1.12. The van der Waals surface area contributed by atoms with Gasteiger partial charge >= 0.3 is 6.18 Å². The quantitative estimate of drug-likeness (QED) is 0.907. The summed E-state index contributed by atoms with van der Waals surface area (Å²) in [5.74, 6) is 0. The number of rotatable bonds is 2. The van der Waals surface area contributed by atoms with Crippen LogP contribution in [0.1, 0.15) is 19.4 Å². The van der Waals surface area contributed by atoms with Gasteiger partial charge in [-0.15, -0.1) is 0 Å². The van der Waals surface area contributed by atoms with Crippen LogP contribution in [-0.4, -0.2) is 37.9 Å². The van der Waals surface area contributed by atoms with Gasteiger partial charge in [0.25, 0.3) is 0 Å². The summed E-state index contributed by atoms with van der Waals surface area (Å²) >= 11 is 0. The Balaban J connectivity index is 2.36. The van der Waals surface area contributed by atoms with E-state index in [1.54, 1.807) is 13.8 Å². The molecule has 0 aliphatic carbocycles. The lowest BCUT2D eigenvalue weighted by Crippen LogP contribution is -2.59. The largest absolute Gasteiger partial charge is 0.416 e. The summed E-state index contributed by atoms with van der Waals surface area (Å²) in [5.41, 5.74) is -1.49. The summed E-state index contributed by atoms with van der Waals surface area (Å²) in [7, 11) is -3.81. The second-order valence-corrected chi connectivity index (χ2v) is 7.45. The zero-order valence-electron chi connectivity index (χ0n) is 11.7. The van der Waals surface area contributed by atoms with Crippen LogP contribution >= 0.6 is 0 Å². The van der Waals surface area contributed by atoms with Gasteiger partial charge in [0.2, 0.25) is 10.0 Å². The molecule has 0 bridgehead atoms. The molecule has 2 rings (SSSR count). The minimum atomic E-state index is -4.48. The molecule has 0 atom stereocenters. The number of piperazine rings is 1. The van der Waals surface area contributed by atoms with Crippen LogP contribution in [0, 0.1) is 0 Å². The fraction of sp³-hybridized carbons (Fsp3) is 0.538. The highest BCUT2D eigenvalue weighted by Gasteiger charge is 2.39. The third kappa shape index (κ3) is 3.22. The summed E-state index contributed by atoms with van der Waals surface area (Å²) in [6.07, 6.45) is -4.48. The summed E-state index contributed by atoms with van der Waals surface area (Å²) < 4.78 is 64.1. The number of hydrogen-bond donors (Lipinski definition) is 1. The van der Waals surface area contributed by atoms with Crippen LogP contribution in [0.5, 0.6) is 0 Å². The van der Waals surface area contributed by atoms with Crippen LogP contribution in [0.25, 0.3) is 0 Å². The lowest BCUT2D eigenvalue weighted by molar-refractivity contribution is -0.137. The summed E-state index contributed by atoms with van der Waals surface area (Å²) in [6.45, 7) is 4.86. The van der Waals surface area contributed by atoms with Gasteiger partial charge in [0.15, 0.2) is 0 Å². The first-order chi connectivity index (χ1) is 9.55. The maximum atomic E-state index is 12.6. The van der Waals surface area contributed by atoms with Crippen LogP contribution in [0.2, 0.25) is 0 Å². The number of nitrogens with zero attached hydrogens (tertiary/aromatic N) is 1. The second kappa shape index (κ2) is 5.26. The summed E-state index contributed by atoms with van der Waals surface area (Å²) in [4.78, 5) is -0.120.